The predicted molar refractivity (Wildman–Crippen MR) is 63.5 cm³/mol. The maximum Gasteiger partial charge on any atom is 0.367 e. The second kappa shape index (κ2) is 6.05. The molecule has 0 aliphatic carbocycles. The van der Waals surface area contributed by atoms with Crippen molar-refractivity contribution < 1.29 is 18.8 Å². The first kappa shape index (κ1) is 13.1. The Hall–Kier alpha value is -2.29. The zero-order valence-corrected chi connectivity index (χ0v) is 10.8. The van der Waals surface area contributed by atoms with Crippen molar-refractivity contribution in [1.29, 1.82) is 0 Å². The van der Waals surface area contributed by atoms with E-state index in [-0.39, 0.29) is 23.9 Å². The van der Waals surface area contributed by atoms with Gasteiger partial charge in [-0.1, -0.05) is 5.16 Å². The fraction of sp³-hybridized carbons (Fsp3) is 0.300. The van der Waals surface area contributed by atoms with Crippen LogP contribution in [-0.2, 0) is 11.3 Å². The quantitative estimate of drug-likeness (QED) is 0.801. The zero-order valence-electron chi connectivity index (χ0n) is 9.95. The summed E-state index contributed by atoms with van der Waals surface area (Å²) in [6.45, 7) is 2.09. The SMILES string of the molecule is CCOC(=O)c1nc(C(=O)NCc2ncon2)cs1. The van der Waals surface area contributed by atoms with Gasteiger partial charge in [0.2, 0.25) is 11.4 Å². The molecule has 0 unspecified atom stereocenters. The molecule has 0 aliphatic rings. The molecule has 0 fully saturated rings. The van der Waals surface area contributed by atoms with E-state index >= 15 is 0 Å². The molecule has 0 aromatic carbocycles. The summed E-state index contributed by atoms with van der Waals surface area (Å²) >= 11 is 1.05. The smallest absolute Gasteiger partial charge is 0.367 e. The number of carbonyl (C=O) groups excluding carboxylic acids is 2. The lowest BCUT2D eigenvalue weighted by atomic mass is 10.4. The van der Waals surface area contributed by atoms with Gasteiger partial charge in [-0.05, 0) is 6.92 Å². The van der Waals surface area contributed by atoms with E-state index in [9.17, 15) is 9.59 Å². The van der Waals surface area contributed by atoms with Gasteiger partial charge in [0, 0.05) is 5.38 Å². The maximum atomic E-state index is 11.7. The highest BCUT2D eigenvalue weighted by molar-refractivity contribution is 7.11. The number of thiazole rings is 1. The Labute approximate surface area is 111 Å². The number of rotatable bonds is 5. The third-order valence-corrected chi connectivity index (χ3v) is 2.82. The van der Waals surface area contributed by atoms with Gasteiger partial charge in [0.15, 0.2) is 5.82 Å². The Kier molecular flexibility index (Phi) is 4.18. The molecule has 2 aromatic rings. The lowest BCUT2D eigenvalue weighted by Gasteiger charge is -1.98. The lowest BCUT2D eigenvalue weighted by Crippen LogP contribution is -2.23. The van der Waals surface area contributed by atoms with Crippen molar-refractivity contribution in [2.24, 2.45) is 0 Å². The molecule has 19 heavy (non-hydrogen) atoms. The molecule has 0 saturated carbocycles. The summed E-state index contributed by atoms with van der Waals surface area (Å²) in [5.74, 6) is -0.601. The molecule has 9 heteroatoms. The molecule has 0 aliphatic heterocycles. The Morgan fingerprint density at radius 2 is 2.37 bits per heavy atom. The Balaban J connectivity index is 1.94. The van der Waals surface area contributed by atoms with E-state index in [2.05, 4.69) is 25.0 Å². The molecular formula is C10H10N4O4S. The molecule has 1 amide bonds. The molecule has 0 saturated heterocycles. The van der Waals surface area contributed by atoms with E-state index in [0.717, 1.165) is 11.3 Å². The Morgan fingerprint density at radius 3 is 3.05 bits per heavy atom. The highest BCUT2D eigenvalue weighted by atomic mass is 32.1. The monoisotopic (exact) mass is 282 g/mol. The minimum Gasteiger partial charge on any atom is -0.461 e. The summed E-state index contributed by atoms with van der Waals surface area (Å²) in [4.78, 5) is 30.8. The van der Waals surface area contributed by atoms with Crippen molar-refractivity contribution in [3.8, 4) is 0 Å². The third-order valence-electron chi connectivity index (χ3n) is 2.00. The fourth-order valence-corrected chi connectivity index (χ4v) is 1.87. The molecule has 2 rings (SSSR count). The van der Waals surface area contributed by atoms with Gasteiger partial charge in [-0.15, -0.1) is 11.3 Å². The second-order valence-corrected chi connectivity index (χ2v) is 4.15. The summed E-state index contributed by atoms with van der Waals surface area (Å²) in [7, 11) is 0. The van der Waals surface area contributed by atoms with E-state index in [1.165, 1.54) is 11.8 Å². The van der Waals surface area contributed by atoms with Crippen LogP contribution in [0, 0.1) is 0 Å². The number of carbonyl (C=O) groups is 2. The molecule has 0 radical (unpaired) electrons. The fourth-order valence-electron chi connectivity index (χ4n) is 1.18. The highest BCUT2D eigenvalue weighted by Crippen LogP contribution is 2.11. The predicted octanol–water partition coefficient (Wildman–Crippen LogP) is 0.633. The van der Waals surface area contributed by atoms with Gasteiger partial charge in [0.05, 0.1) is 13.2 Å². The zero-order chi connectivity index (χ0) is 13.7. The number of ether oxygens (including phenoxy) is 1. The van der Waals surface area contributed by atoms with Gasteiger partial charge in [-0.2, -0.15) is 4.98 Å². The number of nitrogens with one attached hydrogen (secondary N) is 1. The first-order chi connectivity index (χ1) is 9.20. The highest BCUT2D eigenvalue weighted by Gasteiger charge is 2.16. The molecule has 0 atom stereocenters. The molecule has 100 valence electrons. The van der Waals surface area contributed by atoms with Crippen molar-refractivity contribution in [2.45, 2.75) is 13.5 Å². The minimum atomic E-state index is -0.537. The number of hydrogen-bond donors (Lipinski definition) is 1. The summed E-state index contributed by atoms with van der Waals surface area (Å²) in [5, 5.41) is 7.73. The van der Waals surface area contributed by atoms with Crippen LogP contribution in [0.4, 0.5) is 0 Å². The average Bonchev–Trinajstić information content (AvgIpc) is 3.07. The van der Waals surface area contributed by atoms with Gasteiger partial charge in [0.25, 0.3) is 5.91 Å². The molecule has 8 nitrogen and oxygen atoms in total. The van der Waals surface area contributed by atoms with E-state index in [0.29, 0.717) is 5.82 Å². The van der Waals surface area contributed by atoms with Crippen molar-refractivity contribution in [2.75, 3.05) is 6.61 Å². The normalized spacial score (nSPS) is 10.2. The van der Waals surface area contributed by atoms with E-state index in [4.69, 9.17) is 4.74 Å². The molecule has 2 aromatic heterocycles. The summed E-state index contributed by atoms with van der Waals surface area (Å²) in [5.41, 5.74) is 0.150. The molecular weight excluding hydrogens is 272 g/mol. The van der Waals surface area contributed by atoms with Crippen molar-refractivity contribution in [3.63, 3.8) is 0 Å². The third kappa shape index (κ3) is 3.35. The van der Waals surface area contributed by atoms with Crippen LogP contribution in [0.3, 0.4) is 0 Å². The van der Waals surface area contributed by atoms with Crippen LogP contribution in [0.25, 0.3) is 0 Å². The van der Waals surface area contributed by atoms with E-state index in [1.54, 1.807) is 6.92 Å². The van der Waals surface area contributed by atoms with Crippen LogP contribution in [0.5, 0.6) is 0 Å². The summed E-state index contributed by atoms with van der Waals surface area (Å²) in [6.07, 6.45) is 1.17. The van der Waals surface area contributed by atoms with Gasteiger partial charge in [-0.25, -0.2) is 9.78 Å². The molecule has 0 bridgehead atoms. The Bertz CT molecular complexity index is 566. The van der Waals surface area contributed by atoms with Crippen LogP contribution < -0.4 is 5.32 Å². The summed E-state index contributed by atoms with van der Waals surface area (Å²) < 4.78 is 9.31. The summed E-state index contributed by atoms with van der Waals surface area (Å²) in [6, 6.07) is 0. The lowest BCUT2D eigenvalue weighted by molar-refractivity contribution is 0.0526. The first-order valence-electron chi connectivity index (χ1n) is 5.36. The topological polar surface area (TPSA) is 107 Å². The van der Waals surface area contributed by atoms with Crippen molar-refractivity contribution in [3.05, 3.63) is 28.3 Å². The molecule has 2 heterocycles. The van der Waals surface area contributed by atoms with E-state index < -0.39 is 11.9 Å². The van der Waals surface area contributed by atoms with Gasteiger partial charge >= 0.3 is 5.97 Å². The number of aromatic nitrogens is 3. The van der Waals surface area contributed by atoms with Crippen molar-refractivity contribution in [1.82, 2.24) is 20.4 Å². The van der Waals surface area contributed by atoms with Gasteiger partial charge < -0.3 is 14.6 Å². The number of nitrogens with zero attached hydrogens (tertiary/aromatic N) is 3. The number of amides is 1. The van der Waals surface area contributed by atoms with Crippen LogP contribution in [0.1, 0.15) is 33.0 Å². The maximum absolute atomic E-state index is 11.7. The largest absolute Gasteiger partial charge is 0.461 e. The van der Waals surface area contributed by atoms with Crippen LogP contribution in [-0.4, -0.2) is 33.6 Å². The van der Waals surface area contributed by atoms with E-state index in [1.807, 2.05) is 0 Å². The van der Waals surface area contributed by atoms with Crippen molar-refractivity contribution >= 4 is 23.2 Å². The average molecular weight is 282 g/mol. The van der Waals surface area contributed by atoms with Crippen LogP contribution >= 0.6 is 11.3 Å². The number of hydrogen-bond acceptors (Lipinski definition) is 8. The van der Waals surface area contributed by atoms with Crippen LogP contribution in [0.15, 0.2) is 16.3 Å². The Morgan fingerprint density at radius 1 is 1.53 bits per heavy atom. The second-order valence-electron chi connectivity index (χ2n) is 3.29. The van der Waals surface area contributed by atoms with Gasteiger partial charge in [-0.3, -0.25) is 4.79 Å². The number of esters is 1. The van der Waals surface area contributed by atoms with Gasteiger partial charge in [0.1, 0.15) is 5.69 Å². The first-order valence-corrected chi connectivity index (χ1v) is 6.24. The standard InChI is InChI=1S/C10H10N4O4S/c1-2-17-10(16)9-13-6(4-19-9)8(15)11-3-7-12-5-18-14-7/h4-5H,2-3H2,1H3,(H,11,15). The van der Waals surface area contributed by atoms with Crippen LogP contribution in [0.2, 0.25) is 0 Å². The molecule has 0 spiro atoms. The molecule has 1 N–H and O–H groups in total. The minimum absolute atomic E-state index is 0.127.